The lowest BCUT2D eigenvalue weighted by Gasteiger charge is -2.37. The van der Waals surface area contributed by atoms with Crippen molar-refractivity contribution in [3.05, 3.63) is 80.5 Å². The van der Waals surface area contributed by atoms with Crippen molar-refractivity contribution < 1.29 is 14.5 Å². The largest absolute Gasteiger partial charge is 0.466 e. The number of carbonyl (C=O) groups is 1. The molecule has 0 bridgehead atoms. The number of para-hydroxylation sites is 1. The summed E-state index contributed by atoms with van der Waals surface area (Å²) in [6.07, 6.45) is 0. The van der Waals surface area contributed by atoms with E-state index < -0.39 is 16.9 Å². The fourth-order valence-corrected chi connectivity index (χ4v) is 3.69. The van der Waals surface area contributed by atoms with E-state index >= 15 is 0 Å². The predicted octanol–water partition coefficient (Wildman–Crippen LogP) is 4.13. The van der Waals surface area contributed by atoms with Gasteiger partial charge in [-0.15, -0.1) is 0 Å². The molecule has 1 heterocycles. The molecule has 0 spiro atoms. The first-order valence-corrected chi connectivity index (χ1v) is 9.02. The van der Waals surface area contributed by atoms with Crippen LogP contribution in [-0.2, 0) is 9.53 Å². The van der Waals surface area contributed by atoms with Crippen LogP contribution in [-0.4, -0.2) is 23.1 Å². The molecule has 1 aliphatic rings. The van der Waals surface area contributed by atoms with Gasteiger partial charge in [-0.2, -0.15) is 0 Å². The van der Waals surface area contributed by atoms with Gasteiger partial charge in [-0.05, 0) is 37.3 Å². The zero-order chi connectivity index (χ0) is 20.4. The number of non-ortho nitro benzene ring substituents is 1. The van der Waals surface area contributed by atoms with E-state index in [1.54, 1.807) is 11.8 Å². The Labute approximate surface area is 171 Å². The maximum atomic E-state index is 12.6. The summed E-state index contributed by atoms with van der Waals surface area (Å²) in [6, 6.07) is 12.6. The molecule has 7 nitrogen and oxygen atoms in total. The third-order valence-corrected chi connectivity index (χ3v) is 5.05. The van der Waals surface area contributed by atoms with Crippen LogP contribution in [0.3, 0.4) is 0 Å². The molecule has 1 atom stereocenters. The number of hydrogen-bond donors (Lipinski definition) is 1. The maximum absolute atomic E-state index is 12.6. The highest BCUT2D eigenvalue weighted by molar-refractivity contribution is 7.80. The van der Waals surface area contributed by atoms with Crippen molar-refractivity contribution in [1.82, 2.24) is 5.32 Å². The molecule has 0 saturated heterocycles. The van der Waals surface area contributed by atoms with Crippen molar-refractivity contribution in [2.75, 3.05) is 12.0 Å². The van der Waals surface area contributed by atoms with Crippen molar-refractivity contribution in [3.63, 3.8) is 0 Å². The normalized spacial score (nSPS) is 16.6. The molecule has 0 aromatic heterocycles. The molecule has 2 aromatic rings. The minimum atomic E-state index is -0.785. The number of nitrogens with one attached hydrogen (secondary N) is 1. The number of nitrogens with zero attached hydrogens (tertiary/aromatic N) is 2. The quantitative estimate of drug-likeness (QED) is 0.346. The third-order valence-electron chi connectivity index (χ3n) is 4.41. The Balaban J connectivity index is 2.19. The average molecular weight is 418 g/mol. The van der Waals surface area contributed by atoms with Gasteiger partial charge in [0.1, 0.15) is 0 Å². The lowest BCUT2D eigenvalue weighted by atomic mass is 9.94. The highest BCUT2D eigenvalue weighted by Crippen LogP contribution is 2.37. The molecule has 1 unspecified atom stereocenters. The molecule has 3 rings (SSSR count). The van der Waals surface area contributed by atoms with Crippen molar-refractivity contribution in [2.24, 2.45) is 0 Å². The summed E-state index contributed by atoms with van der Waals surface area (Å²) in [7, 11) is 1.27. The number of rotatable bonds is 4. The van der Waals surface area contributed by atoms with Crippen molar-refractivity contribution >= 4 is 46.3 Å². The molecule has 0 radical (unpaired) electrons. The monoisotopic (exact) mass is 417 g/mol. The van der Waals surface area contributed by atoms with Gasteiger partial charge in [-0.3, -0.25) is 15.0 Å². The summed E-state index contributed by atoms with van der Waals surface area (Å²) in [5, 5.41) is 14.9. The summed E-state index contributed by atoms with van der Waals surface area (Å²) in [5.41, 5.74) is 1.81. The zero-order valence-corrected chi connectivity index (χ0v) is 16.6. The van der Waals surface area contributed by atoms with E-state index in [4.69, 9.17) is 28.6 Å². The van der Waals surface area contributed by atoms with E-state index in [1.165, 1.54) is 25.3 Å². The van der Waals surface area contributed by atoms with Gasteiger partial charge >= 0.3 is 5.97 Å². The van der Waals surface area contributed by atoms with Crippen molar-refractivity contribution in [1.29, 1.82) is 0 Å². The summed E-state index contributed by atoms with van der Waals surface area (Å²) >= 11 is 11.8. The van der Waals surface area contributed by atoms with Crippen LogP contribution in [0.4, 0.5) is 11.4 Å². The second-order valence-corrected chi connectivity index (χ2v) is 6.80. The van der Waals surface area contributed by atoms with E-state index in [9.17, 15) is 14.9 Å². The number of nitro benzene ring substituents is 1. The molecule has 0 fully saturated rings. The van der Waals surface area contributed by atoms with E-state index in [0.29, 0.717) is 16.4 Å². The first-order valence-electron chi connectivity index (χ1n) is 8.23. The molecular weight excluding hydrogens is 402 g/mol. The predicted molar refractivity (Wildman–Crippen MR) is 110 cm³/mol. The van der Waals surface area contributed by atoms with Crippen LogP contribution in [0.1, 0.15) is 18.5 Å². The molecule has 0 aliphatic carbocycles. The number of thiocarbonyl (C=S) groups is 1. The third kappa shape index (κ3) is 3.56. The number of benzene rings is 2. The molecule has 1 N–H and O–H groups in total. The van der Waals surface area contributed by atoms with Gasteiger partial charge in [0.2, 0.25) is 0 Å². The Morgan fingerprint density at radius 1 is 1.29 bits per heavy atom. The standard InChI is InChI=1S/C19H16ClN3O4S/c1-11-16(18(24)27-2)17(14-10-13(23(25)26)8-9-15(14)20)21-19(28)22(11)12-6-4-3-5-7-12/h3-10,17H,1-2H3,(H,21,28). The Bertz CT molecular complexity index is 994. The molecule has 2 aromatic carbocycles. The number of anilines is 1. The number of esters is 1. The van der Waals surface area contributed by atoms with Crippen LogP contribution in [0.15, 0.2) is 59.8 Å². The Morgan fingerprint density at radius 2 is 1.96 bits per heavy atom. The number of methoxy groups -OCH3 is 1. The van der Waals surface area contributed by atoms with Gasteiger partial charge in [0.25, 0.3) is 5.69 Å². The fraction of sp³-hybridized carbons (Fsp3) is 0.158. The van der Waals surface area contributed by atoms with Crippen molar-refractivity contribution in [2.45, 2.75) is 13.0 Å². The second kappa shape index (κ2) is 7.95. The summed E-state index contributed by atoms with van der Waals surface area (Å²) in [6.45, 7) is 1.74. The molecule has 144 valence electrons. The summed E-state index contributed by atoms with van der Waals surface area (Å²) in [5.74, 6) is -0.582. The number of ether oxygens (including phenoxy) is 1. The molecule has 0 saturated carbocycles. The number of nitro groups is 1. The number of allylic oxidation sites excluding steroid dienone is 1. The minimum absolute atomic E-state index is 0.139. The van der Waals surface area contributed by atoms with Gasteiger partial charge in [0.05, 0.1) is 23.6 Å². The van der Waals surface area contributed by atoms with E-state index in [0.717, 1.165) is 5.69 Å². The van der Waals surface area contributed by atoms with Crippen LogP contribution in [0.5, 0.6) is 0 Å². The van der Waals surface area contributed by atoms with Crippen LogP contribution in [0.2, 0.25) is 5.02 Å². The minimum Gasteiger partial charge on any atom is -0.466 e. The van der Waals surface area contributed by atoms with Gasteiger partial charge in [0.15, 0.2) is 5.11 Å². The first kappa shape index (κ1) is 19.8. The molecule has 9 heteroatoms. The molecule has 28 heavy (non-hydrogen) atoms. The SMILES string of the molecule is COC(=O)C1=C(C)N(c2ccccc2)C(=S)NC1c1cc([N+](=O)[O-])ccc1Cl. The number of hydrogen-bond acceptors (Lipinski definition) is 5. The smallest absolute Gasteiger partial charge is 0.337 e. The average Bonchev–Trinajstić information content (AvgIpc) is 2.68. The van der Waals surface area contributed by atoms with Gasteiger partial charge < -0.3 is 10.1 Å². The highest BCUT2D eigenvalue weighted by atomic mass is 35.5. The maximum Gasteiger partial charge on any atom is 0.337 e. The fourth-order valence-electron chi connectivity index (χ4n) is 3.10. The lowest BCUT2D eigenvalue weighted by molar-refractivity contribution is -0.384. The lowest BCUT2D eigenvalue weighted by Crippen LogP contribution is -2.48. The van der Waals surface area contributed by atoms with Gasteiger partial charge in [-0.1, -0.05) is 29.8 Å². The topological polar surface area (TPSA) is 84.7 Å². The second-order valence-electron chi connectivity index (χ2n) is 6.01. The van der Waals surface area contributed by atoms with Gasteiger partial charge in [-0.25, -0.2) is 4.79 Å². The van der Waals surface area contributed by atoms with Crippen molar-refractivity contribution in [3.8, 4) is 0 Å². The van der Waals surface area contributed by atoms with Crippen LogP contribution >= 0.6 is 23.8 Å². The van der Waals surface area contributed by atoms with Crippen LogP contribution in [0, 0.1) is 10.1 Å². The number of carbonyl (C=O) groups excluding carboxylic acids is 1. The summed E-state index contributed by atoms with van der Waals surface area (Å²) in [4.78, 5) is 25.0. The Morgan fingerprint density at radius 3 is 2.57 bits per heavy atom. The Kier molecular flexibility index (Phi) is 5.62. The first-order chi connectivity index (χ1) is 13.3. The molecule has 1 aliphatic heterocycles. The van der Waals surface area contributed by atoms with Crippen LogP contribution in [0.25, 0.3) is 0 Å². The zero-order valence-electron chi connectivity index (χ0n) is 15.0. The molecular formula is C19H16ClN3O4S. The Hall–Kier alpha value is -2.97. The van der Waals surface area contributed by atoms with Gasteiger partial charge in [0, 0.05) is 34.1 Å². The van der Waals surface area contributed by atoms with Crippen LogP contribution < -0.4 is 10.2 Å². The summed E-state index contributed by atoms with van der Waals surface area (Å²) < 4.78 is 4.97. The van der Waals surface area contributed by atoms with E-state index in [1.807, 2.05) is 30.3 Å². The highest BCUT2D eigenvalue weighted by Gasteiger charge is 2.36. The van der Waals surface area contributed by atoms with E-state index in [-0.39, 0.29) is 16.3 Å². The molecule has 0 amide bonds. The number of halogens is 1. The van der Waals surface area contributed by atoms with E-state index in [2.05, 4.69) is 5.32 Å².